The van der Waals surface area contributed by atoms with Crippen LogP contribution in [0.15, 0.2) is 24.3 Å². The van der Waals surface area contributed by atoms with Crippen molar-refractivity contribution < 1.29 is 4.92 Å². The molecule has 0 aliphatic carbocycles. The zero-order valence-electron chi connectivity index (χ0n) is 12.6. The summed E-state index contributed by atoms with van der Waals surface area (Å²) in [6.07, 6.45) is 4.42. The fourth-order valence-electron chi connectivity index (χ4n) is 2.76. The molecule has 1 aromatic heterocycles. The van der Waals surface area contributed by atoms with Crippen LogP contribution in [-0.2, 0) is 0 Å². The fourth-order valence-corrected chi connectivity index (χ4v) is 2.76. The Morgan fingerprint density at radius 3 is 2.48 bits per heavy atom. The van der Waals surface area contributed by atoms with Crippen molar-refractivity contribution in [1.29, 1.82) is 5.26 Å². The summed E-state index contributed by atoms with van der Waals surface area (Å²) in [5.41, 5.74) is 0.370. The molecule has 1 saturated heterocycles. The number of nitriles is 1. The molecule has 1 fully saturated rings. The normalized spacial score (nSPS) is 15.0. The van der Waals surface area contributed by atoms with E-state index in [0.29, 0.717) is 5.82 Å². The van der Waals surface area contributed by atoms with Crippen molar-refractivity contribution in [2.45, 2.75) is 25.7 Å². The van der Waals surface area contributed by atoms with E-state index in [-0.39, 0.29) is 17.1 Å². The molecule has 0 spiro atoms. The molecule has 23 heavy (non-hydrogen) atoms. The Kier molecular flexibility index (Phi) is 4.19. The second kappa shape index (κ2) is 6.44. The molecular weight excluding hydrogens is 296 g/mol. The second-order valence-corrected chi connectivity index (χ2v) is 5.42. The zero-order chi connectivity index (χ0) is 16.2. The molecule has 1 aliphatic heterocycles. The lowest BCUT2D eigenvalue weighted by atomic mass is 10.2. The molecule has 0 unspecified atom stereocenters. The van der Waals surface area contributed by atoms with Gasteiger partial charge in [-0.25, -0.2) is 0 Å². The van der Waals surface area contributed by atoms with Gasteiger partial charge in [-0.05, 0) is 18.9 Å². The van der Waals surface area contributed by atoms with Gasteiger partial charge < -0.3 is 4.90 Å². The van der Waals surface area contributed by atoms with E-state index in [1.807, 2.05) is 11.0 Å². The van der Waals surface area contributed by atoms with E-state index < -0.39 is 4.92 Å². The standard InChI is InChI=1S/C15H16N6O2/c16-11-12-15(19-9-5-1-2-6-10-19)18-20(17-12)13-7-3-4-8-14(13)21(22)23/h3-4,7-8H,1-2,5-6,9-10H2. The molecule has 0 bridgehead atoms. The summed E-state index contributed by atoms with van der Waals surface area (Å²) in [5.74, 6) is 0.507. The van der Waals surface area contributed by atoms with E-state index in [1.54, 1.807) is 18.2 Å². The first-order chi connectivity index (χ1) is 11.2. The lowest BCUT2D eigenvalue weighted by Gasteiger charge is -2.18. The molecule has 8 nitrogen and oxygen atoms in total. The quantitative estimate of drug-likeness (QED) is 0.637. The summed E-state index contributed by atoms with van der Waals surface area (Å²) in [6.45, 7) is 1.65. The SMILES string of the molecule is N#Cc1nn(-c2ccccc2[N+](=O)[O-])nc1N1CCCCCC1. The largest absolute Gasteiger partial charge is 0.353 e. The van der Waals surface area contributed by atoms with Crippen molar-refractivity contribution in [2.24, 2.45) is 0 Å². The minimum absolute atomic E-state index is 0.0885. The Balaban J connectivity index is 2.03. The van der Waals surface area contributed by atoms with Gasteiger partial charge in [0, 0.05) is 19.2 Å². The fraction of sp³-hybridized carbons (Fsp3) is 0.400. The van der Waals surface area contributed by atoms with Crippen LogP contribution in [0.1, 0.15) is 31.4 Å². The lowest BCUT2D eigenvalue weighted by Crippen LogP contribution is -2.25. The number of benzene rings is 1. The van der Waals surface area contributed by atoms with Crippen LogP contribution in [0.5, 0.6) is 0 Å². The highest BCUT2D eigenvalue weighted by molar-refractivity contribution is 5.54. The van der Waals surface area contributed by atoms with Crippen LogP contribution in [0.3, 0.4) is 0 Å². The summed E-state index contributed by atoms with van der Waals surface area (Å²) < 4.78 is 0. The third-order valence-electron chi connectivity index (χ3n) is 3.90. The van der Waals surface area contributed by atoms with E-state index in [2.05, 4.69) is 10.2 Å². The van der Waals surface area contributed by atoms with Gasteiger partial charge in [-0.1, -0.05) is 25.0 Å². The summed E-state index contributed by atoms with van der Waals surface area (Å²) in [6, 6.07) is 8.29. The first kappa shape index (κ1) is 15.0. The van der Waals surface area contributed by atoms with Crippen LogP contribution >= 0.6 is 0 Å². The number of nitro benzene ring substituents is 1. The number of hydrogen-bond acceptors (Lipinski definition) is 6. The molecule has 2 heterocycles. The predicted molar refractivity (Wildman–Crippen MR) is 83.4 cm³/mol. The zero-order valence-corrected chi connectivity index (χ0v) is 12.6. The molecular formula is C15H16N6O2. The van der Waals surface area contributed by atoms with Gasteiger partial charge >= 0.3 is 0 Å². The molecule has 8 heteroatoms. The van der Waals surface area contributed by atoms with Crippen LogP contribution in [0.25, 0.3) is 5.69 Å². The first-order valence-corrected chi connectivity index (χ1v) is 7.57. The van der Waals surface area contributed by atoms with Gasteiger partial charge in [0.2, 0.25) is 5.69 Å². The average molecular weight is 312 g/mol. The van der Waals surface area contributed by atoms with Gasteiger partial charge in [0.05, 0.1) is 4.92 Å². The van der Waals surface area contributed by atoms with E-state index in [1.165, 1.54) is 10.9 Å². The van der Waals surface area contributed by atoms with Gasteiger partial charge in [-0.2, -0.15) is 5.26 Å². The lowest BCUT2D eigenvalue weighted by molar-refractivity contribution is -0.384. The van der Waals surface area contributed by atoms with Gasteiger partial charge in [-0.3, -0.25) is 10.1 Å². The van der Waals surface area contributed by atoms with E-state index in [4.69, 9.17) is 0 Å². The molecule has 1 aromatic carbocycles. The number of rotatable bonds is 3. The molecule has 1 aliphatic rings. The van der Waals surface area contributed by atoms with Crippen LogP contribution in [0, 0.1) is 21.4 Å². The number of para-hydroxylation sites is 2. The third kappa shape index (κ3) is 2.99. The molecule has 0 saturated carbocycles. The summed E-state index contributed by atoms with van der Waals surface area (Å²) in [4.78, 5) is 13.9. The van der Waals surface area contributed by atoms with Gasteiger partial charge in [0.15, 0.2) is 11.5 Å². The van der Waals surface area contributed by atoms with Gasteiger partial charge in [0.1, 0.15) is 6.07 Å². The number of nitro groups is 1. The highest BCUT2D eigenvalue weighted by Gasteiger charge is 2.22. The molecule has 3 rings (SSSR count). The Labute approximate surface area is 133 Å². The number of aromatic nitrogens is 3. The predicted octanol–water partition coefficient (Wildman–Crippen LogP) is 2.43. The average Bonchev–Trinajstić information content (AvgIpc) is 2.81. The summed E-state index contributed by atoms with van der Waals surface area (Å²) in [7, 11) is 0. The van der Waals surface area contributed by atoms with Crippen LogP contribution < -0.4 is 4.90 Å². The minimum Gasteiger partial charge on any atom is -0.353 e. The van der Waals surface area contributed by atoms with Gasteiger partial charge in [-0.15, -0.1) is 15.0 Å². The molecule has 0 atom stereocenters. The van der Waals surface area contributed by atoms with Crippen molar-refractivity contribution in [3.8, 4) is 11.8 Å². The second-order valence-electron chi connectivity index (χ2n) is 5.42. The van der Waals surface area contributed by atoms with Gasteiger partial charge in [0.25, 0.3) is 5.69 Å². The first-order valence-electron chi connectivity index (χ1n) is 7.57. The Bertz CT molecular complexity index is 756. The molecule has 118 valence electrons. The Morgan fingerprint density at radius 2 is 1.83 bits per heavy atom. The van der Waals surface area contributed by atoms with E-state index in [9.17, 15) is 15.4 Å². The van der Waals surface area contributed by atoms with E-state index in [0.717, 1.165) is 38.8 Å². The Hall–Kier alpha value is -2.95. The van der Waals surface area contributed by atoms with E-state index >= 15 is 0 Å². The molecule has 0 N–H and O–H groups in total. The number of nitrogens with zero attached hydrogens (tertiary/aromatic N) is 6. The van der Waals surface area contributed by atoms with Crippen molar-refractivity contribution in [1.82, 2.24) is 15.0 Å². The number of anilines is 1. The smallest absolute Gasteiger partial charge is 0.296 e. The van der Waals surface area contributed by atoms with Crippen LogP contribution in [0.4, 0.5) is 11.5 Å². The highest BCUT2D eigenvalue weighted by atomic mass is 16.6. The Morgan fingerprint density at radius 1 is 1.13 bits per heavy atom. The highest BCUT2D eigenvalue weighted by Crippen LogP contribution is 2.25. The van der Waals surface area contributed by atoms with Crippen LogP contribution in [-0.4, -0.2) is 33.0 Å². The van der Waals surface area contributed by atoms with Crippen molar-refractivity contribution in [2.75, 3.05) is 18.0 Å². The topological polar surface area (TPSA) is 101 Å². The molecule has 0 amide bonds. The molecule has 2 aromatic rings. The molecule has 0 radical (unpaired) electrons. The summed E-state index contributed by atoms with van der Waals surface area (Å²) in [5, 5.41) is 29.0. The number of hydrogen-bond donors (Lipinski definition) is 0. The monoisotopic (exact) mass is 312 g/mol. The van der Waals surface area contributed by atoms with Crippen molar-refractivity contribution >= 4 is 11.5 Å². The minimum atomic E-state index is -0.476. The maximum atomic E-state index is 11.2. The maximum absolute atomic E-state index is 11.2. The summed E-state index contributed by atoms with van der Waals surface area (Å²) >= 11 is 0. The maximum Gasteiger partial charge on any atom is 0.296 e. The third-order valence-corrected chi connectivity index (χ3v) is 3.90. The van der Waals surface area contributed by atoms with Crippen LogP contribution in [0.2, 0.25) is 0 Å². The van der Waals surface area contributed by atoms with Crippen molar-refractivity contribution in [3.63, 3.8) is 0 Å². The van der Waals surface area contributed by atoms with Crippen molar-refractivity contribution in [3.05, 3.63) is 40.1 Å².